The topological polar surface area (TPSA) is 17.1 Å². The summed E-state index contributed by atoms with van der Waals surface area (Å²) in [6.07, 6.45) is 5.16. The Balaban J connectivity index is 4.50. The van der Waals surface area contributed by atoms with Crippen molar-refractivity contribution in [3.8, 4) is 0 Å². The number of hydrogen-bond acceptors (Lipinski definition) is 1. The van der Waals surface area contributed by atoms with E-state index < -0.39 is 0 Å². The van der Waals surface area contributed by atoms with Crippen LogP contribution in [0.15, 0.2) is 0 Å². The van der Waals surface area contributed by atoms with Gasteiger partial charge in [-0.3, -0.25) is 4.79 Å². The first-order valence-corrected chi connectivity index (χ1v) is 7.18. The zero-order valence-corrected chi connectivity index (χ0v) is 13.0. The van der Waals surface area contributed by atoms with Gasteiger partial charge in [-0.05, 0) is 19.3 Å². The summed E-state index contributed by atoms with van der Waals surface area (Å²) >= 11 is 0. The smallest absolute Gasteiger partial charge is 0.135 e. The van der Waals surface area contributed by atoms with E-state index in [4.69, 9.17) is 0 Å². The second-order valence-corrected chi connectivity index (χ2v) is 7.02. The minimum atomic E-state index is 0.0870. The monoisotopic (exact) mass is 230 g/mol. The summed E-state index contributed by atoms with van der Waals surface area (Å²) in [6, 6.07) is 0. The van der Waals surface area contributed by atoms with Gasteiger partial charge in [0.15, 0.2) is 0 Å². The van der Waals surface area contributed by atoms with Gasteiger partial charge in [0.1, 0.15) is 5.78 Å². The van der Waals surface area contributed by atoms with Gasteiger partial charge < -0.3 is 0 Å². The standard InChI is InChI=1S/C11H27B5O/c1-3-5-6-8(4-2)9(17)7-10(12,13)11(14,15)16/h8H,3-7,12-16H2,1-2H3. The number of ketones is 1. The zero-order valence-electron chi connectivity index (χ0n) is 13.0. The molecule has 0 N–H and O–H groups in total. The first-order valence-electron chi connectivity index (χ1n) is 7.18. The third kappa shape index (κ3) is 5.44. The lowest BCUT2D eigenvalue weighted by molar-refractivity contribution is -0.123. The van der Waals surface area contributed by atoms with Crippen molar-refractivity contribution in [2.45, 2.75) is 56.3 Å². The predicted octanol–water partition coefficient (Wildman–Crippen LogP) is -1.48. The molecule has 0 aliphatic rings. The molecular weight excluding hydrogens is 202 g/mol. The molecule has 0 spiro atoms. The van der Waals surface area contributed by atoms with Crippen LogP contribution in [0.3, 0.4) is 0 Å². The van der Waals surface area contributed by atoms with Gasteiger partial charge in [-0.1, -0.05) is 31.9 Å². The molecule has 0 amide bonds. The van der Waals surface area contributed by atoms with E-state index in [9.17, 15) is 4.79 Å². The van der Waals surface area contributed by atoms with Crippen molar-refractivity contribution in [1.82, 2.24) is 0 Å². The van der Waals surface area contributed by atoms with Crippen LogP contribution >= 0.6 is 0 Å². The van der Waals surface area contributed by atoms with Crippen molar-refractivity contribution in [3.63, 3.8) is 0 Å². The SMILES string of the molecule is BC(B)(B)C(B)(B)CC(=O)C(CC)CCCC. The Bertz CT molecular complexity index is 247. The van der Waals surface area contributed by atoms with Crippen molar-refractivity contribution >= 4 is 45.0 Å². The molecule has 0 fully saturated rings. The first-order chi connectivity index (χ1) is 7.65. The van der Waals surface area contributed by atoms with E-state index in [0.717, 1.165) is 19.3 Å². The molecule has 0 aliphatic heterocycles. The van der Waals surface area contributed by atoms with Crippen LogP contribution < -0.4 is 0 Å². The Morgan fingerprint density at radius 1 is 1.12 bits per heavy atom. The Morgan fingerprint density at radius 3 is 2.00 bits per heavy atom. The highest BCUT2D eigenvalue weighted by atomic mass is 16.1. The van der Waals surface area contributed by atoms with Gasteiger partial charge in [0.05, 0.1) is 39.2 Å². The summed E-state index contributed by atoms with van der Waals surface area (Å²) in [4.78, 5) is 12.3. The van der Waals surface area contributed by atoms with Crippen molar-refractivity contribution in [2.24, 2.45) is 5.92 Å². The highest BCUT2D eigenvalue weighted by Gasteiger charge is 2.35. The molecule has 0 rings (SSSR count). The summed E-state index contributed by atoms with van der Waals surface area (Å²) in [7, 11) is 11.1. The van der Waals surface area contributed by atoms with E-state index >= 15 is 0 Å². The van der Waals surface area contributed by atoms with Crippen LogP contribution in [-0.4, -0.2) is 45.0 Å². The van der Waals surface area contributed by atoms with Gasteiger partial charge in [0.2, 0.25) is 0 Å². The van der Waals surface area contributed by atoms with E-state index in [1.807, 2.05) is 0 Å². The third-order valence-electron chi connectivity index (χ3n) is 4.50. The van der Waals surface area contributed by atoms with Gasteiger partial charge in [0.25, 0.3) is 0 Å². The molecule has 92 valence electrons. The number of carbonyl (C=O) groups is 1. The summed E-state index contributed by atoms with van der Waals surface area (Å²) in [5, 5.41) is 0.273. The van der Waals surface area contributed by atoms with Crippen molar-refractivity contribution in [1.29, 1.82) is 0 Å². The predicted molar refractivity (Wildman–Crippen MR) is 91.0 cm³/mol. The third-order valence-corrected chi connectivity index (χ3v) is 4.50. The molecule has 0 saturated heterocycles. The maximum Gasteiger partial charge on any atom is 0.135 e. The molecular formula is C11H27B5O. The Morgan fingerprint density at radius 2 is 1.65 bits per heavy atom. The van der Waals surface area contributed by atoms with Crippen molar-refractivity contribution in [2.75, 3.05) is 0 Å². The number of rotatable bonds is 8. The van der Waals surface area contributed by atoms with Crippen LogP contribution in [0, 0.1) is 5.92 Å². The normalized spacial score (nSPS) is 14.5. The lowest BCUT2D eigenvalue weighted by Crippen LogP contribution is -2.36. The molecule has 1 atom stereocenters. The van der Waals surface area contributed by atoms with Gasteiger partial charge in [0, 0.05) is 5.92 Å². The van der Waals surface area contributed by atoms with Crippen LogP contribution in [0.25, 0.3) is 0 Å². The van der Waals surface area contributed by atoms with E-state index in [-0.39, 0.29) is 16.2 Å². The lowest BCUT2D eigenvalue weighted by Gasteiger charge is -2.40. The minimum Gasteiger partial charge on any atom is -0.299 e. The summed E-state index contributed by atoms with van der Waals surface area (Å²) in [5.74, 6) is 0.762. The Hall–Kier alpha value is -0.00532. The van der Waals surface area contributed by atoms with Crippen LogP contribution in [0.4, 0.5) is 0 Å². The summed E-state index contributed by atoms with van der Waals surface area (Å²) < 4.78 is 0. The van der Waals surface area contributed by atoms with E-state index in [1.54, 1.807) is 0 Å². The number of unbranched alkanes of at least 4 members (excludes halogenated alkanes) is 1. The molecule has 0 radical (unpaired) electrons. The molecule has 0 saturated carbocycles. The number of Topliss-reactive ketones (excluding diaryl/α,β-unsaturated/α-hetero) is 1. The van der Waals surface area contributed by atoms with Crippen LogP contribution in [-0.2, 0) is 4.79 Å². The maximum atomic E-state index is 12.3. The van der Waals surface area contributed by atoms with Gasteiger partial charge in [-0.15, -0.1) is 5.11 Å². The molecule has 0 aliphatic carbocycles. The molecule has 0 heterocycles. The molecule has 0 aromatic rings. The fourth-order valence-electron chi connectivity index (χ4n) is 1.89. The first kappa shape index (κ1) is 17.0. The fourth-order valence-corrected chi connectivity index (χ4v) is 1.89. The average Bonchev–Trinajstić information content (AvgIpc) is 2.16. The Labute approximate surface area is 112 Å². The van der Waals surface area contributed by atoms with Crippen LogP contribution in [0.2, 0.25) is 10.3 Å². The summed E-state index contributed by atoms with van der Waals surface area (Å²) in [5.41, 5.74) is 0. The van der Waals surface area contributed by atoms with Crippen LogP contribution in [0.5, 0.6) is 0 Å². The molecule has 1 unspecified atom stereocenters. The fraction of sp³-hybridized carbons (Fsp3) is 0.909. The van der Waals surface area contributed by atoms with E-state index in [2.05, 4.69) is 53.1 Å². The average molecular weight is 229 g/mol. The van der Waals surface area contributed by atoms with Crippen LogP contribution in [0.1, 0.15) is 46.0 Å². The highest BCUT2D eigenvalue weighted by Crippen LogP contribution is 2.42. The molecule has 6 heteroatoms. The van der Waals surface area contributed by atoms with Gasteiger partial charge in [-0.25, -0.2) is 0 Å². The highest BCUT2D eigenvalue weighted by molar-refractivity contribution is 6.67. The quantitative estimate of drug-likeness (QED) is 0.464. The van der Waals surface area contributed by atoms with Crippen molar-refractivity contribution < 1.29 is 4.79 Å². The largest absolute Gasteiger partial charge is 0.299 e. The summed E-state index contributed by atoms with van der Waals surface area (Å²) in [6.45, 7) is 4.33. The maximum absolute atomic E-state index is 12.3. The molecule has 17 heavy (non-hydrogen) atoms. The lowest BCUT2D eigenvalue weighted by atomic mass is 9.22. The second-order valence-electron chi connectivity index (χ2n) is 7.02. The molecule has 0 aromatic carbocycles. The van der Waals surface area contributed by atoms with E-state index in [1.165, 1.54) is 12.8 Å². The molecule has 1 nitrogen and oxygen atoms in total. The zero-order chi connectivity index (χ0) is 13.7. The van der Waals surface area contributed by atoms with Gasteiger partial charge >= 0.3 is 0 Å². The minimum absolute atomic E-state index is 0.0870. The molecule has 0 aromatic heterocycles. The number of hydrogen-bond donors (Lipinski definition) is 0. The Kier molecular flexibility index (Phi) is 6.80. The van der Waals surface area contributed by atoms with E-state index in [0.29, 0.717) is 5.78 Å². The van der Waals surface area contributed by atoms with Gasteiger partial charge in [-0.2, -0.15) is 0 Å². The van der Waals surface area contributed by atoms with Crippen molar-refractivity contribution in [3.05, 3.63) is 0 Å². The molecule has 0 bridgehead atoms. The second kappa shape index (κ2) is 6.80. The number of carbonyl (C=O) groups excluding carboxylic acids is 1.